The van der Waals surface area contributed by atoms with Gasteiger partial charge in [-0.3, -0.25) is 14.6 Å². The molecule has 0 spiro atoms. The number of rotatable bonds is 6. The van der Waals surface area contributed by atoms with Crippen molar-refractivity contribution in [3.05, 3.63) is 47.9 Å². The first-order chi connectivity index (χ1) is 15.8. The predicted octanol–water partition coefficient (Wildman–Crippen LogP) is 3.25. The van der Waals surface area contributed by atoms with E-state index in [-0.39, 0.29) is 35.2 Å². The molecular formula is C23H26FN7O2. The summed E-state index contributed by atoms with van der Waals surface area (Å²) in [4.78, 5) is 32.1. The van der Waals surface area contributed by atoms with Gasteiger partial charge in [0.15, 0.2) is 11.6 Å². The largest absolute Gasteiger partial charge is 0.365 e. The molecule has 0 saturated heterocycles. The molecular weight excluding hydrogens is 425 g/mol. The molecule has 7 N–H and O–H groups in total. The van der Waals surface area contributed by atoms with Crippen molar-refractivity contribution in [1.82, 2.24) is 9.97 Å². The number of pyridine rings is 2. The Labute approximate surface area is 190 Å². The summed E-state index contributed by atoms with van der Waals surface area (Å²) in [6.45, 7) is 1.42. The minimum absolute atomic E-state index is 0.00606. The van der Waals surface area contributed by atoms with Gasteiger partial charge in [0.05, 0.1) is 28.7 Å². The van der Waals surface area contributed by atoms with Gasteiger partial charge < -0.3 is 27.4 Å². The van der Waals surface area contributed by atoms with Crippen LogP contribution in [0.15, 0.2) is 36.5 Å². The van der Waals surface area contributed by atoms with Crippen molar-refractivity contribution >= 4 is 45.7 Å². The summed E-state index contributed by atoms with van der Waals surface area (Å²) in [7, 11) is 0. The highest BCUT2D eigenvalue weighted by atomic mass is 19.1. The lowest BCUT2D eigenvalue weighted by Gasteiger charge is -2.30. The Bertz CT molecular complexity index is 1220. The number of carbonyl (C=O) groups is 2. The van der Waals surface area contributed by atoms with Crippen molar-refractivity contribution in [2.75, 3.05) is 16.0 Å². The SMILES string of the molecule is CC(=O)Nc1cccc2cc(Nc3nc(N[C@@H]4CCCC[C@@H]4N)c(F)cc3C(N)=O)cnc12. The second kappa shape index (κ2) is 9.37. The Morgan fingerprint density at radius 1 is 1.15 bits per heavy atom. The summed E-state index contributed by atoms with van der Waals surface area (Å²) >= 11 is 0. The monoisotopic (exact) mass is 451 g/mol. The normalized spacial score (nSPS) is 18.0. The van der Waals surface area contributed by atoms with Crippen LogP contribution in [0, 0.1) is 5.82 Å². The maximum Gasteiger partial charge on any atom is 0.252 e. The summed E-state index contributed by atoms with van der Waals surface area (Å²) in [6, 6.07) is 8.02. The fourth-order valence-electron chi connectivity index (χ4n) is 4.04. The summed E-state index contributed by atoms with van der Waals surface area (Å²) in [5, 5.41) is 9.60. The van der Waals surface area contributed by atoms with E-state index in [2.05, 4.69) is 25.9 Å². The Balaban J connectivity index is 1.66. The predicted molar refractivity (Wildman–Crippen MR) is 126 cm³/mol. The van der Waals surface area contributed by atoms with E-state index in [1.165, 1.54) is 13.1 Å². The third-order valence-electron chi connectivity index (χ3n) is 5.67. The maximum atomic E-state index is 14.7. The van der Waals surface area contributed by atoms with Crippen LogP contribution in [0.25, 0.3) is 10.9 Å². The lowest BCUT2D eigenvalue weighted by molar-refractivity contribution is -0.114. The summed E-state index contributed by atoms with van der Waals surface area (Å²) in [5.74, 6) is -1.58. The van der Waals surface area contributed by atoms with Gasteiger partial charge in [0.2, 0.25) is 5.91 Å². The molecule has 2 atom stereocenters. The lowest BCUT2D eigenvalue weighted by Crippen LogP contribution is -2.43. The first-order valence-corrected chi connectivity index (χ1v) is 10.8. The number of primary amides is 1. The van der Waals surface area contributed by atoms with Crippen molar-refractivity contribution in [3.63, 3.8) is 0 Å². The highest BCUT2D eigenvalue weighted by Crippen LogP contribution is 2.29. The van der Waals surface area contributed by atoms with Gasteiger partial charge >= 0.3 is 0 Å². The van der Waals surface area contributed by atoms with Crippen LogP contribution >= 0.6 is 0 Å². The number of nitrogens with one attached hydrogen (secondary N) is 3. The van der Waals surface area contributed by atoms with Gasteiger partial charge in [-0.05, 0) is 31.0 Å². The molecule has 1 aliphatic rings. The molecule has 10 heteroatoms. The van der Waals surface area contributed by atoms with Crippen LogP contribution in [0.4, 0.5) is 27.4 Å². The van der Waals surface area contributed by atoms with Gasteiger partial charge in [0, 0.05) is 24.4 Å². The van der Waals surface area contributed by atoms with Crippen molar-refractivity contribution in [2.24, 2.45) is 11.5 Å². The van der Waals surface area contributed by atoms with Crippen LogP contribution in [-0.4, -0.2) is 33.9 Å². The van der Waals surface area contributed by atoms with Gasteiger partial charge in [0.25, 0.3) is 5.91 Å². The number of carbonyl (C=O) groups excluding carboxylic acids is 2. The molecule has 2 heterocycles. The van der Waals surface area contributed by atoms with Crippen LogP contribution < -0.4 is 27.4 Å². The Kier molecular flexibility index (Phi) is 6.36. The van der Waals surface area contributed by atoms with E-state index < -0.39 is 11.7 Å². The van der Waals surface area contributed by atoms with E-state index in [1.54, 1.807) is 18.2 Å². The number of nitrogens with two attached hydrogens (primary N) is 2. The van der Waals surface area contributed by atoms with Gasteiger partial charge in [-0.2, -0.15) is 0 Å². The number of nitrogens with zero attached hydrogens (tertiary/aromatic N) is 2. The standard InChI is InChI=1S/C23H26FN7O2/c1-12(32)28-19-8-4-5-13-9-14(11-27-20(13)19)29-22-15(21(26)33)10-16(24)23(31-22)30-18-7-3-2-6-17(18)25/h4-5,8-11,17-18H,2-3,6-7,25H2,1H3,(H2,26,33)(H,28,32)(H2,29,30,31)/t17-,18+/m0/s1. The highest BCUT2D eigenvalue weighted by molar-refractivity contribution is 6.01. The zero-order valence-electron chi connectivity index (χ0n) is 18.2. The van der Waals surface area contributed by atoms with E-state index in [0.717, 1.165) is 37.1 Å². The molecule has 2 amide bonds. The van der Waals surface area contributed by atoms with Crippen molar-refractivity contribution in [3.8, 4) is 0 Å². The quantitative estimate of drug-likeness (QED) is 0.386. The van der Waals surface area contributed by atoms with Gasteiger partial charge in [-0.25, -0.2) is 9.37 Å². The Hall–Kier alpha value is -3.79. The molecule has 4 rings (SSSR count). The first kappa shape index (κ1) is 22.4. The van der Waals surface area contributed by atoms with Crippen LogP contribution in [0.5, 0.6) is 0 Å². The van der Waals surface area contributed by atoms with Gasteiger partial charge in [0.1, 0.15) is 5.82 Å². The molecule has 1 aromatic carbocycles. The summed E-state index contributed by atoms with van der Waals surface area (Å²) < 4.78 is 14.7. The highest BCUT2D eigenvalue weighted by Gasteiger charge is 2.24. The van der Waals surface area contributed by atoms with E-state index in [1.807, 2.05) is 6.07 Å². The van der Waals surface area contributed by atoms with Crippen molar-refractivity contribution < 1.29 is 14.0 Å². The average Bonchev–Trinajstić information content (AvgIpc) is 2.77. The Morgan fingerprint density at radius 2 is 1.94 bits per heavy atom. The number of fused-ring (bicyclic) bond motifs is 1. The van der Waals surface area contributed by atoms with E-state index in [0.29, 0.717) is 16.9 Å². The third-order valence-corrected chi connectivity index (χ3v) is 5.67. The van der Waals surface area contributed by atoms with Crippen molar-refractivity contribution in [1.29, 1.82) is 0 Å². The van der Waals surface area contributed by atoms with Crippen LogP contribution in [0.2, 0.25) is 0 Å². The number of halogens is 1. The minimum Gasteiger partial charge on any atom is -0.365 e. The average molecular weight is 452 g/mol. The summed E-state index contributed by atoms with van der Waals surface area (Å²) in [5.41, 5.74) is 13.3. The van der Waals surface area contributed by atoms with Crippen LogP contribution in [0.1, 0.15) is 43.0 Å². The fraction of sp³-hybridized carbons (Fsp3) is 0.304. The first-order valence-electron chi connectivity index (χ1n) is 10.8. The number of aromatic nitrogens is 2. The maximum absolute atomic E-state index is 14.7. The fourth-order valence-corrected chi connectivity index (χ4v) is 4.04. The molecule has 1 saturated carbocycles. The molecule has 3 aromatic rings. The number of hydrogen-bond donors (Lipinski definition) is 5. The molecule has 0 aliphatic heterocycles. The summed E-state index contributed by atoms with van der Waals surface area (Å²) in [6.07, 6.45) is 5.25. The zero-order valence-corrected chi connectivity index (χ0v) is 18.2. The molecule has 9 nitrogen and oxygen atoms in total. The molecule has 1 aliphatic carbocycles. The molecule has 2 aromatic heterocycles. The topological polar surface area (TPSA) is 148 Å². The number of hydrogen-bond acceptors (Lipinski definition) is 7. The Morgan fingerprint density at radius 3 is 2.67 bits per heavy atom. The zero-order chi connectivity index (χ0) is 23.5. The molecule has 172 valence electrons. The number of benzene rings is 1. The van der Waals surface area contributed by atoms with E-state index in [4.69, 9.17) is 11.5 Å². The lowest BCUT2D eigenvalue weighted by atomic mass is 9.91. The molecule has 1 fully saturated rings. The van der Waals surface area contributed by atoms with E-state index in [9.17, 15) is 14.0 Å². The van der Waals surface area contributed by atoms with Gasteiger partial charge in [-0.15, -0.1) is 0 Å². The molecule has 33 heavy (non-hydrogen) atoms. The third kappa shape index (κ3) is 5.01. The van der Waals surface area contributed by atoms with Crippen LogP contribution in [-0.2, 0) is 4.79 Å². The second-order valence-corrected chi connectivity index (χ2v) is 8.19. The van der Waals surface area contributed by atoms with Gasteiger partial charge in [-0.1, -0.05) is 25.0 Å². The molecule has 0 radical (unpaired) electrons. The second-order valence-electron chi connectivity index (χ2n) is 8.19. The van der Waals surface area contributed by atoms with Crippen LogP contribution in [0.3, 0.4) is 0 Å². The smallest absolute Gasteiger partial charge is 0.252 e. The number of anilines is 4. The molecule has 0 unspecified atom stereocenters. The number of amides is 2. The minimum atomic E-state index is -0.813. The number of para-hydroxylation sites is 1. The van der Waals surface area contributed by atoms with E-state index >= 15 is 0 Å². The van der Waals surface area contributed by atoms with Crippen molar-refractivity contribution in [2.45, 2.75) is 44.7 Å². The molecule has 0 bridgehead atoms.